The van der Waals surface area contributed by atoms with Gasteiger partial charge < -0.3 is 19.7 Å². The van der Waals surface area contributed by atoms with E-state index in [-0.39, 0.29) is 0 Å². The Morgan fingerprint density at radius 1 is 1.00 bits per heavy atom. The molecule has 2 heterocycles. The van der Waals surface area contributed by atoms with Crippen LogP contribution in [0, 0.1) is 6.92 Å². The van der Waals surface area contributed by atoms with Crippen LogP contribution in [-0.4, -0.2) is 36.3 Å². The molecule has 25 heavy (non-hydrogen) atoms. The van der Waals surface area contributed by atoms with Gasteiger partial charge in [0.15, 0.2) is 11.5 Å². The molecule has 1 aliphatic heterocycles. The summed E-state index contributed by atoms with van der Waals surface area (Å²) in [4.78, 5) is 11.4. The van der Waals surface area contributed by atoms with Gasteiger partial charge in [0, 0.05) is 30.9 Å². The first-order valence-corrected chi connectivity index (χ1v) is 8.97. The number of fused-ring (bicyclic) bond motifs is 1. The lowest BCUT2D eigenvalue weighted by Gasteiger charge is -2.23. The van der Waals surface area contributed by atoms with Crippen molar-refractivity contribution < 1.29 is 9.47 Å². The summed E-state index contributed by atoms with van der Waals surface area (Å²) in [5.74, 6) is 4.07. The zero-order valence-electron chi connectivity index (χ0n) is 15.2. The Morgan fingerprint density at radius 2 is 1.72 bits per heavy atom. The van der Waals surface area contributed by atoms with Gasteiger partial charge in [0.05, 0.1) is 0 Å². The summed E-state index contributed by atoms with van der Waals surface area (Å²) in [6.45, 7) is 9.46. The minimum atomic E-state index is 0.580. The van der Waals surface area contributed by atoms with Crippen LogP contribution in [0.1, 0.15) is 32.5 Å². The minimum Gasteiger partial charge on any atom is -0.486 e. The maximum atomic E-state index is 5.65. The van der Waals surface area contributed by atoms with Crippen molar-refractivity contribution in [1.82, 2.24) is 9.97 Å². The normalized spacial score (nSPS) is 12.8. The summed E-state index contributed by atoms with van der Waals surface area (Å²) < 4.78 is 11.2. The number of aryl methyl sites for hydroxylation is 1. The molecule has 1 aliphatic rings. The molecule has 0 bridgehead atoms. The van der Waals surface area contributed by atoms with Crippen molar-refractivity contribution in [2.45, 2.75) is 33.6 Å². The molecule has 0 spiro atoms. The van der Waals surface area contributed by atoms with Crippen LogP contribution in [0.15, 0.2) is 24.3 Å². The van der Waals surface area contributed by atoms with E-state index in [0.29, 0.717) is 13.2 Å². The second-order valence-electron chi connectivity index (χ2n) is 6.13. The van der Waals surface area contributed by atoms with Crippen LogP contribution in [0.4, 0.5) is 17.3 Å². The maximum Gasteiger partial charge on any atom is 0.163 e. The van der Waals surface area contributed by atoms with Crippen LogP contribution in [-0.2, 0) is 0 Å². The Morgan fingerprint density at radius 3 is 2.44 bits per heavy atom. The fraction of sp³-hybridized carbons (Fsp3) is 0.474. The van der Waals surface area contributed by atoms with Crippen molar-refractivity contribution >= 4 is 17.3 Å². The highest BCUT2D eigenvalue weighted by molar-refractivity contribution is 5.63. The lowest BCUT2D eigenvalue weighted by molar-refractivity contribution is 0.171. The molecule has 0 unspecified atom stereocenters. The summed E-state index contributed by atoms with van der Waals surface area (Å²) in [6.07, 6.45) is 2.18. The highest BCUT2D eigenvalue weighted by Crippen LogP contribution is 2.33. The number of rotatable bonds is 7. The lowest BCUT2D eigenvalue weighted by Crippen LogP contribution is -2.26. The molecule has 2 aromatic rings. The van der Waals surface area contributed by atoms with Gasteiger partial charge in [-0.2, -0.15) is 0 Å². The van der Waals surface area contributed by atoms with E-state index in [2.05, 4.69) is 34.0 Å². The van der Waals surface area contributed by atoms with E-state index in [1.807, 2.05) is 31.2 Å². The van der Waals surface area contributed by atoms with Crippen LogP contribution < -0.4 is 19.7 Å². The molecular weight excluding hydrogens is 316 g/mol. The lowest BCUT2D eigenvalue weighted by atomic mass is 10.2. The monoisotopic (exact) mass is 342 g/mol. The predicted octanol–water partition coefficient (Wildman–Crippen LogP) is 3.93. The average Bonchev–Trinajstić information content (AvgIpc) is 2.61. The van der Waals surface area contributed by atoms with E-state index >= 15 is 0 Å². The number of anilines is 3. The largest absolute Gasteiger partial charge is 0.486 e. The zero-order valence-corrected chi connectivity index (χ0v) is 15.2. The number of aromatic nitrogens is 2. The minimum absolute atomic E-state index is 0.580. The third-order valence-electron chi connectivity index (χ3n) is 3.95. The van der Waals surface area contributed by atoms with Crippen LogP contribution in [0.25, 0.3) is 0 Å². The zero-order chi connectivity index (χ0) is 17.6. The number of hydrogen-bond donors (Lipinski definition) is 1. The number of ether oxygens (including phenoxy) is 2. The standard InChI is InChI=1S/C19H26N4O2/c1-4-8-23(9-5-2)19-13-18(20-14(3)21-19)22-15-6-7-16-17(12-15)25-11-10-24-16/h6-7,12-13H,4-5,8-11H2,1-3H3,(H,20,21,22). The third-order valence-corrected chi connectivity index (χ3v) is 3.95. The van der Waals surface area contributed by atoms with Gasteiger partial charge in [0.1, 0.15) is 30.7 Å². The predicted molar refractivity (Wildman–Crippen MR) is 100 cm³/mol. The van der Waals surface area contributed by atoms with Gasteiger partial charge in [0.25, 0.3) is 0 Å². The molecule has 6 nitrogen and oxygen atoms in total. The maximum absolute atomic E-state index is 5.65. The van der Waals surface area contributed by atoms with Crippen molar-refractivity contribution in [3.63, 3.8) is 0 Å². The summed E-state index contributed by atoms with van der Waals surface area (Å²) in [5, 5.41) is 3.36. The summed E-state index contributed by atoms with van der Waals surface area (Å²) >= 11 is 0. The fourth-order valence-electron chi connectivity index (χ4n) is 2.93. The summed E-state index contributed by atoms with van der Waals surface area (Å²) in [7, 11) is 0. The van der Waals surface area contributed by atoms with Gasteiger partial charge in [-0.25, -0.2) is 9.97 Å². The van der Waals surface area contributed by atoms with Crippen molar-refractivity contribution in [1.29, 1.82) is 0 Å². The molecule has 0 saturated carbocycles. The fourth-order valence-corrected chi connectivity index (χ4v) is 2.93. The second kappa shape index (κ2) is 8.05. The van der Waals surface area contributed by atoms with Gasteiger partial charge in [-0.3, -0.25) is 0 Å². The van der Waals surface area contributed by atoms with E-state index in [4.69, 9.17) is 9.47 Å². The van der Waals surface area contributed by atoms with E-state index < -0.39 is 0 Å². The summed E-state index contributed by atoms with van der Waals surface area (Å²) in [5.41, 5.74) is 0.922. The molecular formula is C19H26N4O2. The SMILES string of the molecule is CCCN(CCC)c1cc(Nc2ccc3c(c2)OCCO3)nc(C)n1. The molecule has 134 valence electrons. The first kappa shape index (κ1) is 17.3. The Balaban J connectivity index is 1.82. The Labute approximate surface area is 149 Å². The first-order chi connectivity index (χ1) is 12.2. The molecule has 0 atom stereocenters. The highest BCUT2D eigenvalue weighted by atomic mass is 16.6. The first-order valence-electron chi connectivity index (χ1n) is 8.97. The van der Waals surface area contributed by atoms with Crippen molar-refractivity contribution in [3.8, 4) is 11.5 Å². The molecule has 1 aromatic carbocycles. The van der Waals surface area contributed by atoms with Gasteiger partial charge in [-0.1, -0.05) is 13.8 Å². The Bertz CT molecular complexity index is 715. The second-order valence-corrected chi connectivity index (χ2v) is 6.13. The molecule has 0 aliphatic carbocycles. The van der Waals surface area contributed by atoms with Crippen LogP contribution in [0.3, 0.4) is 0 Å². The van der Waals surface area contributed by atoms with Gasteiger partial charge >= 0.3 is 0 Å². The van der Waals surface area contributed by atoms with E-state index in [1.165, 1.54) is 0 Å². The van der Waals surface area contributed by atoms with E-state index in [0.717, 1.165) is 60.6 Å². The van der Waals surface area contributed by atoms with Crippen molar-refractivity contribution in [3.05, 3.63) is 30.1 Å². The quantitative estimate of drug-likeness (QED) is 0.823. The molecule has 0 radical (unpaired) electrons. The molecule has 3 rings (SSSR count). The van der Waals surface area contributed by atoms with Gasteiger partial charge in [-0.05, 0) is 31.9 Å². The van der Waals surface area contributed by atoms with E-state index in [9.17, 15) is 0 Å². The topological polar surface area (TPSA) is 59.5 Å². The number of hydrogen-bond acceptors (Lipinski definition) is 6. The number of nitrogens with zero attached hydrogens (tertiary/aromatic N) is 3. The number of nitrogens with one attached hydrogen (secondary N) is 1. The average molecular weight is 342 g/mol. The van der Waals surface area contributed by atoms with Gasteiger partial charge in [-0.15, -0.1) is 0 Å². The molecule has 0 fully saturated rings. The molecule has 6 heteroatoms. The van der Waals surface area contributed by atoms with Crippen molar-refractivity contribution in [2.24, 2.45) is 0 Å². The molecule has 1 aromatic heterocycles. The summed E-state index contributed by atoms with van der Waals surface area (Å²) in [6, 6.07) is 7.85. The number of benzene rings is 1. The molecule has 0 saturated heterocycles. The molecule has 1 N–H and O–H groups in total. The van der Waals surface area contributed by atoms with Gasteiger partial charge in [0.2, 0.25) is 0 Å². The highest BCUT2D eigenvalue weighted by Gasteiger charge is 2.13. The van der Waals surface area contributed by atoms with Crippen LogP contribution in [0.5, 0.6) is 11.5 Å². The van der Waals surface area contributed by atoms with Crippen LogP contribution >= 0.6 is 0 Å². The smallest absolute Gasteiger partial charge is 0.163 e. The Kier molecular flexibility index (Phi) is 5.58. The molecule has 0 amide bonds. The Hall–Kier alpha value is -2.50. The van der Waals surface area contributed by atoms with Crippen molar-refractivity contribution in [2.75, 3.05) is 36.5 Å². The third kappa shape index (κ3) is 4.32. The van der Waals surface area contributed by atoms with Crippen LogP contribution in [0.2, 0.25) is 0 Å². The van der Waals surface area contributed by atoms with E-state index in [1.54, 1.807) is 0 Å².